The summed E-state index contributed by atoms with van der Waals surface area (Å²) in [6, 6.07) is 3.06. The number of hydrogen-bond acceptors (Lipinski definition) is 4. The maximum Gasteiger partial charge on any atom is 0.418 e. The monoisotopic (exact) mass is 384 g/mol. The quantitative estimate of drug-likeness (QED) is 0.756. The molecule has 4 N–H and O–H groups in total. The second-order valence-electron chi connectivity index (χ2n) is 3.94. The summed E-state index contributed by atoms with van der Waals surface area (Å²) in [5, 5.41) is 5.61. The first-order valence-electron chi connectivity index (χ1n) is 5.29. The number of anilines is 2. The van der Waals surface area contributed by atoms with Crippen LogP contribution in [0, 0.1) is 0 Å². The predicted molar refractivity (Wildman–Crippen MR) is 73.0 cm³/mol. The SMILES string of the molecule is Nc1[nH]ncc1S(=O)(=O)Nc1ccc(Br)cc1C(F)(F)F. The number of aromatic amines is 1. The molecule has 1 aromatic carbocycles. The third kappa shape index (κ3) is 3.29. The highest BCUT2D eigenvalue weighted by molar-refractivity contribution is 9.10. The van der Waals surface area contributed by atoms with Gasteiger partial charge in [-0.1, -0.05) is 15.9 Å². The van der Waals surface area contributed by atoms with Gasteiger partial charge in [0.15, 0.2) is 0 Å². The molecule has 0 unspecified atom stereocenters. The highest BCUT2D eigenvalue weighted by Gasteiger charge is 2.35. The Labute approximate surface area is 125 Å². The number of rotatable bonds is 3. The molecule has 0 spiro atoms. The van der Waals surface area contributed by atoms with Gasteiger partial charge >= 0.3 is 6.18 Å². The normalized spacial score (nSPS) is 12.4. The van der Waals surface area contributed by atoms with Gasteiger partial charge in [0, 0.05) is 4.47 Å². The fourth-order valence-electron chi connectivity index (χ4n) is 1.54. The van der Waals surface area contributed by atoms with Gasteiger partial charge in [-0.25, -0.2) is 8.42 Å². The van der Waals surface area contributed by atoms with Crippen LogP contribution >= 0.6 is 15.9 Å². The van der Waals surface area contributed by atoms with Crippen LogP contribution in [-0.2, 0) is 16.2 Å². The Morgan fingerprint density at radius 3 is 2.52 bits per heavy atom. The van der Waals surface area contributed by atoms with Crippen LogP contribution in [-0.4, -0.2) is 18.6 Å². The van der Waals surface area contributed by atoms with Gasteiger partial charge in [-0.3, -0.25) is 9.82 Å². The van der Waals surface area contributed by atoms with Crippen LogP contribution in [0.15, 0.2) is 33.8 Å². The summed E-state index contributed by atoms with van der Waals surface area (Å²) < 4.78 is 64.8. The summed E-state index contributed by atoms with van der Waals surface area (Å²) in [5.74, 6) is -0.270. The van der Waals surface area contributed by atoms with Gasteiger partial charge in [0.1, 0.15) is 10.7 Å². The molecule has 21 heavy (non-hydrogen) atoms. The number of hydrogen-bond donors (Lipinski definition) is 3. The van der Waals surface area contributed by atoms with E-state index in [1.54, 1.807) is 0 Å². The van der Waals surface area contributed by atoms with E-state index in [1.807, 2.05) is 4.72 Å². The molecule has 0 aliphatic carbocycles. The molecule has 114 valence electrons. The van der Waals surface area contributed by atoms with Gasteiger partial charge in [0.05, 0.1) is 17.4 Å². The van der Waals surface area contributed by atoms with E-state index in [0.29, 0.717) is 0 Å². The lowest BCUT2D eigenvalue weighted by Gasteiger charge is -2.14. The van der Waals surface area contributed by atoms with Crippen LogP contribution < -0.4 is 10.5 Å². The summed E-state index contributed by atoms with van der Waals surface area (Å²) >= 11 is 2.91. The highest BCUT2D eigenvalue weighted by Crippen LogP contribution is 2.37. The predicted octanol–water partition coefficient (Wildman–Crippen LogP) is 2.57. The van der Waals surface area contributed by atoms with E-state index in [2.05, 4.69) is 26.1 Å². The van der Waals surface area contributed by atoms with E-state index < -0.39 is 32.3 Å². The molecule has 0 aliphatic heterocycles. The number of alkyl halides is 3. The molecule has 0 radical (unpaired) electrons. The molecule has 1 aromatic heterocycles. The van der Waals surface area contributed by atoms with Gasteiger partial charge in [-0.2, -0.15) is 18.3 Å². The van der Waals surface area contributed by atoms with Crippen LogP contribution in [0.25, 0.3) is 0 Å². The number of nitrogens with zero attached hydrogens (tertiary/aromatic N) is 1. The van der Waals surface area contributed by atoms with Crippen molar-refractivity contribution in [2.75, 3.05) is 10.5 Å². The van der Waals surface area contributed by atoms with E-state index in [4.69, 9.17) is 5.73 Å². The van der Waals surface area contributed by atoms with E-state index in [0.717, 1.165) is 18.3 Å². The van der Waals surface area contributed by atoms with Crippen LogP contribution in [0.1, 0.15) is 5.56 Å². The van der Waals surface area contributed by atoms with Crippen molar-refractivity contribution in [2.24, 2.45) is 0 Å². The topological polar surface area (TPSA) is 101 Å². The second-order valence-corrected chi connectivity index (χ2v) is 6.51. The summed E-state index contributed by atoms with van der Waals surface area (Å²) in [4.78, 5) is -0.432. The zero-order chi connectivity index (χ0) is 15.8. The van der Waals surface area contributed by atoms with Gasteiger partial charge in [0.2, 0.25) is 0 Å². The fourth-order valence-corrected chi connectivity index (χ4v) is 3.00. The first-order valence-corrected chi connectivity index (χ1v) is 7.57. The molecule has 2 aromatic rings. The largest absolute Gasteiger partial charge is 0.418 e. The van der Waals surface area contributed by atoms with Crippen molar-refractivity contribution >= 4 is 37.5 Å². The fraction of sp³-hybridized carbons (Fsp3) is 0.100. The smallest absolute Gasteiger partial charge is 0.383 e. The van der Waals surface area contributed by atoms with Crippen molar-refractivity contribution in [3.63, 3.8) is 0 Å². The molecular weight excluding hydrogens is 377 g/mol. The van der Waals surface area contributed by atoms with E-state index in [9.17, 15) is 21.6 Å². The molecular formula is C10H8BrF3N4O2S. The van der Waals surface area contributed by atoms with Crippen LogP contribution in [0.2, 0.25) is 0 Å². The Bertz CT molecular complexity index is 773. The molecule has 0 fully saturated rings. The number of halogens is 4. The minimum Gasteiger partial charge on any atom is -0.383 e. The van der Waals surface area contributed by atoms with Gasteiger partial charge in [0.25, 0.3) is 10.0 Å². The Hall–Kier alpha value is -1.75. The number of aromatic nitrogens is 2. The van der Waals surface area contributed by atoms with E-state index >= 15 is 0 Å². The number of H-pyrrole nitrogens is 1. The van der Waals surface area contributed by atoms with Gasteiger partial charge in [-0.05, 0) is 18.2 Å². The van der Waals surface area contributed by atoms with E-state index in [1.165, 1.54) is 6.07 Å². The number of nitrogens with two attached hydrogens (primary N) is 1. The Morgan fingerprint density at radius 2 is 2.00 bits per heavy atom. The second kappa shape index (κ2) is 5.22. The molecule has 0 atom stereocenters. The standard InChI is InChI=1S/C10H8BrF3N4O2S/c11-5-1-2-7(6(3-5)10(12,13)14)18-21(19,20)8-4-16-17-9(8)15/h1-4,18H,(H3,15,16,17). The Morgan fingerprint density at radius 1 is 1.33 bits per heavy atom. The summed E-state index contributed by atoms with van der Waals surface area (Å²) in [7, 11) is -4.28. The number of benzene rings is 1. The van der Waals surface area contributed by atoms with Crippen molar-refractivity contribution in [3.05, 3.63) is 34.4 Å². The molecule has 11 heteroatoms. The first kappa shape index (κ1) is 15.6. The molecule has 0 bridgehead atoms. The van der Waals surface area contributed by atoms with Crippen LogP contribution in [0.3, 0.4) is 0 Å². The molecule has 2 rings (SSSR count). The van der Waals surface area contributed by atoms with Crippen LogP contribution in [0.5, 0.6) is 0 Å². The zero-order valence-corrected chi connectivity index (χ0v) is 12.5. The van der Waals surface area contributed by atoms with Crippen molar-refractivity contribution < 1.29 is 21.6 Å². The lowest BCUT2D eigenvalue weighted by Crippen LogP contribution is -2.17. The van der Waals surface area contributed by atoms with Gasteiger partial charge < -0.3 is 5.73 Å². The molecule has 1 heterocycles. The minimum atomic E-state index is -4.72. The van der Waals surface area contributed by atoms with Crippen molar-refractivity contribution in [2.45, 2.75) is 11.1 Å². The van der Waals surface area contributed by atoms with Crippen LogP contribution in [0.4, 0.5) is 24.7 Å². The maximum absolute atomic E-state index is 12.9. The zero-order valence-electron chi connectivity index (χ0n) is 10.1. The molecule has 0 saturated carbocycles. The highest BCUT2D eigenvalue weighted by atomic mass is 79.9. The molecule has 6 nitrogen and oxygen atoms in total. The lowest BCUT2D eigenvalue weighted by molar-refractivity contribution is -0.136. The third-order valence-corrected chi connectivity index (χ3v) is 4.34. The number of sulfonamides is 1. The van der Waals surface area contributed by atoms with Crippen molar-refractivity contribution in [1.82, 2.24) is 10.2 Å². The molecule has 0 aliphatic rings. The maximum atomic E-state index is 12.9. The van der Waals surface area contributed by atoms with Gasteiger partial charge in [-0.15, -0.1) is 0 Å². The number of nitrogens with one attached hydrogen (secondary N) is 2. The average molecular weight is 385 g/mol. The Balaban J connectivity index is 2.48. The molecule has 0 saturated heterocycles. The first-order chi connectivity index (χ1) is 9.61. The summed E-state index contributed by atoms with van der Waals surface area (Å²) in [6.45, 7) is 0. The van der Waals surface area contributed by atoms with Crippen molar-refractivity contribution in [1.29, 1.82) is 0 Å². The average Bonchev–Trinajstić information content (AvgIpc) is 2.77. The number of nitrogen functional groups attached to an aromatic ring is 1. The van der Waals surface area contributed by atoms with Crippen molar-refractivity contribution in [3.8, 4) is 0 Å². The van der Waals surface area contributed by atoms with E-state index in [-0.39, 0.29) is 10.3 Å². The molecule has 0 amide bonds. The lowest BCUT2D eigenvalue weighted by atomic mass is 10.2. The summed E-state index contributed by atoms with van der Waals surface area (Å²) in [6.07, 6.45) is -3.81. The minimum absolute atomic E-state index is 0.167. The third-order valence-electron chi connectivity index (χ3n) is 2.45. The summed E-state index contributed by atoms with van der Waals surface area (Å²) in [5.41, 5.74) is 3.63. The Kier molecular flexibility index (Phi) is 3.89.